The summed E-state index contributed by atoms with van der Waals surface area (Å²) in [6.45, 7) is 1.97. The van der Waals surface area contributed by atoms with Crippen LogP contribution in [0.3, 0.4) is 0 Å². The van der Waals surface area contributed by atoms with Gasteiger partial charge in [0.2, 0.25) is 0 Å². The van der Waals surface area contributed by atoms with Gasteiger partial charge in [-0.15, -0.1) is 0 Å². The van der Waals surface area contributed by atoms with Crippen LogP contribution in [-0.4, -0.2) is 23.5 Å². The molecule has 2 aliphatic carbocycles. The van der Waals surface area contributed by atoms with Gasteiger partial charge >= 0.3 is 9.28 Å². The second-order valence-corrected chi connectivity index (χ2v) is 5.84. The molecule has 2 unspecified atom stereocenters. The zero-order chi connectivity index (χ0) is 9.68. The van der Waals surface area contributed by atoms with Gasteiger partial charge in [0.05, 0.1) is 0 Å². The van der Waals surface area contributed by atoms with Gasteiger partial charge in [-0.25, -0.2) is 0 Å². The van der Waals surface area contributed by atoms with Crippen molar-refractivity contribution < 1.29 is 8.85 Å². The highest BCUT2D eigenvalue weighted by Gasteiger charge is 2.25. The van der Waals surface area contributed by atoms with Crippen LogP contribution in [0.1, 0.15) is 19.3 Å². The van der Waals surface area contributed by atoms with E-state index in [4.69, 9.17) is 8.85 Å². The molecule has 2 atom stereocenters. The molecule has 0 aromatic heterocycles. The molecule has 0 heterocycles. The van der Waals surface area contributed by atoms with Crippen LogP contribution in [-0.2, 0) is 8.85 Å². The molecule has 0 aromatic rings. The minimum absolute atomic E-state index is 0.991. The number of rotatable bonds is 2. The normalized spacial score (nSPS) is 29.2. The van der Waals surface area contributed by atoms with Crippen LogP contribution in [0, 0.1) is 11.8 Å². The third-order valence-electron chi connectivity index (χ3n) is 2.83. The van der Waals surface area contributed by atoms with Crippen LogP contribution in [0.2, 0.25) is 6.55 Å². The summed E-state index contributed by atoms with van der Waals surface area (Å²) in [7, 11) is 2.17. The predicted molar refractivity (Wildman–Crippen MR) is 57.0 cm³/mol. The minimum Gasteiger partial charge on any atom is -0.400 e. The van der Waals surface area contributed by atoms with Crippen molar-refractivity contribution >= 4 is 9.28 Å². The predicted octanol–water partition coefficient (Wildman–Crippen LogP) is 2.10. The number of hydrogen-bond acceptors (Lipinski definition) is 2. The summed E-state index contributed by atoms with van der Waals surface area (Å²) >= 11 is 0. The zero-order valence-electron chi connectivity index (χ0n) is 8.82. The maximum Gasteiger partial charge on any atom is 0.317 e. The first-order chi connectivity index (χ1) is 6.26. The fourth-order valence-corrected chi connectivity index (χ4v) is 2.01. The second kappa shape index (κ2) is 5.57. The van der Waals surface area contributed by atoms with Crippen molar-refractivity contribution in [1.82, 2.24) is 0 Å². The Kier molecular flexibility index (Phi) is 4.70. The van der Waals surface area contributed by atoms with Gasteiger partial charge in [-0.1, -0.05) is 12.2 Å². The summed E-state index contributed by atoms with van der Waals surface area (Å²) in [5.41, 5.74) is 0. The number of fused-ring (bicyclic) bond motifs is 2. The molecule has 2 nitrogen and oxygen atoms in total. The molecular weight excluding hydrogens is 180 g/mol. The molecule has 0 N–H and O–H groups in total. The van der Waals surface area contributed by atoms with Crippen molar-refractivity contribution in [2.24, 2.45) is 11.8 Å². The summed E-state index contributed by atoms with van der Waals surface area (Å²) in [6, 6.07) is 0. The van der Waals surface area contributed by atoms with Crippen LogP contribution in [0.25, 0.3) is 0 Å². The molecule has 13 heavy (non-hydrogen) atoms. The Labute approximate surface area is 82.8 Å². The third kappa shape index (κ3) is 3.63. The van der Waals surface area contributed by atoms with E-state index in [1.165, 1.54) is 19.3 Å². The lowest BCUT2D eigenvalue weighted by Gasteiger charge is -2.00. The first kappa shape index (κ1) is 11.0. The van der Waals surface area contributed by atoms with Crippen molar-refractivity contribution in [2.45, 2.75) is 25.8 Å². The summed E-state index contributed by atoms with van der Waals surface area (Å²) in [6.07, 6.45) is 9.19. The van der Waals surface area contributed by atoms with E-state index < -0.39 is 9.28 Å². The van der Waals surface area contributed by atoms with Crippen molar-refractivity contribution in [3.05, 3.63) is 12.2 Å². The molecular formula is C10H20O2Si. The van der Waals surface area contributed by atoms with Gasteiger partial charge in [0.1, 0.15) is 0 Å². The van der Waals surface area contributed by atoms with Crippen LogP contribution in [0.15, 0.2) is 12.2 Å². The lowest BCUT2D eigenvalue weighted by molar-refractivity contribution is 0.285. The van der Waals surface area contributed by atoms with Crippen molar-refractivity contribution in [3.63, 3.8) is 0 Å². The van der Waals surface area contributed by atoms with Gasteiger partial charge < -0.3 is 8.85 Å². The molecule has 76 valence electrons. The highest BCUT2D eigenvalue weighted by atomic mass is 28.3. The molecule has 0 radical (unpaired) electrons. The summed E-state index contributed by atoms with van der Waals surface area (Å²) in [5.74, 6) is 1.98. The molecule has 0 saturated heterocycles. The van der Waals surface area contributed by atoms with Gasteiger partial charge in [0, 0.05) is 14.2 Å². The largest absolute Gasteiger partial charge is 0.400 e. The van der Waals surface area contributed by atoms with Crippen molar-refractivity contribution in [1.29, 1.82) is 0 Å². The van der Waals surface area contributed by atoms with Crippen LogP contribution >= 0.6 is 0 Å². The van der Waals surface area contributed by atoms with E-state index in [-0.39, 0.29) is 0 Å². The van der Waals surface area contributed by atoms with Gasteiger partial charge in [-0.05, 0) is 37.6 Å². The Morgan fingerprint density at radius 2 is 1.54 bits per heavy atom. The van der Waals surface area contributed by atoms with E-state index in [0.717, 1.165) is 11.8 Å². The Morgan fingerprint density at radius 1 is 1.08 bits per heavy atom. The van der Waals surface area contributed by atoms with Gasteiger partial charge in [-0.3, -0.25) is 0 Å². The quantitative estimate of drug-likeness (QED) is 0.502. The maximum absolute atomic E-state index is 4.82. The lowest BCUT2D eigenvalue weighted by atomic mass is 10.1. The van der Waals surface area contributed by atoms with E-state index in [9.17, 15) is 0 Å². The molecule has 1 saturated carbocycles. The average molecular weight is 200 g/mol. The van der Waals surface area contributed by atoms with E-state index in [1.54, 1.807) is 14.2 Å². The van der Waals surface area contributed by atoms with Gasteiger partial charge in [0.15, 0.2) is 0 Å². The summed E-state index contributed by atoms with van der Waals surface area (Å²) < 4.78 is 9.63. The zero-order valence-corrected chi connectivity index (χ0v) is 9.98. The first-order valence-corrected chi connectivity index (χ1v) is 7.10. The maximum atomic E-state index is 4.82. The first-order valence-electron chi connectivity index (χ1n) is 5.00. The summed E-state index contributed by atoms with van der Waals surface area (Å²) in [5, 5.41) is 0. The molecule has 0 spiro atoms. The monoisotopic (exact) mass is 200 g/mol. The van der Waals surface area contributed by atoms with Crippen LogP contribution in [0.4, 0.5) is 0 Å². The molecule has 1 fully saturated rings. The fourth-order valence-electron chi connectivity index (χ4n) is 1.81. The highest BCUT2D eigenvalue weighted by Crippen LogP contribution is 2.38. The fraction of sp³-hybridized carbons (Fsp3) is 0.800. The second-order valence-electron chi connectivity index (χ2n) is 3.76. The molecule has 2 bridgehead atoms. The molecule has 0 aliphatic heterocycles. The number of hydrogen-bond donors (Lipinski definition) is 0. The minimum atomic E-state index is -1.16. The van der Waals surface area contributed by atoms with E-state index in [2.05, 4.69) is 12.2 Å². The molecule has 0 aromatic carbocycles. The Balaban J connectivity index is 0.000000133. The molecule has 2 rings (SSSR count). The van der Waals surface area contributed by atoms with E-state index >= 15 is 0 Å². The standard InChI is InChI=1S/C7H10.C3H10O2Si/c1-2-7-4-3-6(1)5-7;1-4-6(3)5-2/h1-2,6-7H,3-5H2;6H,1-3H3. The topological polar surface area (TPSA) is 18.5 Å². The average Bonchev–Trinajstić information content (AvgIpc) is 2.81. The van der Waals surface area contributed by atoms with Gasteiger partial charge in [0.25, 0.3) is 0 Å². The molecule has 2 aliphatic rings. The summed E-state index contributed by atoms with van der Waals surface area (Å²) in [4.78, 5) is 0. The Bertz CT molecular complexity index is 154. The Hall–Kier alpha value is -0.123. The molecule has 0 amide bonds. The smallest absolute Gasteiger partial charge is 0.317 e. The number of allylic oxidation sites excluding steroid dienone is 2. The van der Waals surface area contributed by atoms with Crippen molar-refractivity contribution in [3.8, 4) is 0 Å². The Morgan fingerprint density at radius 3 is 1.62 bits per heavy atom. The third-order valence-corrected chi connectivity index (χ3v) is 4.16. The van der Waals surface area contributed by atoms with E-state index in [0.29, 0.717) is 0 Å². The van der Waals surface area contributed by atoms with E-state index in [1.807, 2.05) is 6.55 Å². The van der Waals surface area contributed by atoms with Crippen LogP contribution < -0.4 is 0 Å². The van der Waals surface area contributed by atoms with Gasteiger partial charge in [-0.2, -0.15) is 0 Å². The SMILES string of the molecule is C1=CC2CCC1C2.CO[SiH](C)OC. The highest BCUT2D eigenvalue weighted by molar-refractivity contribution is 6.42. The van der Waals surface area contributed by atoms with Crippen LogP contribution in [0.5, 0.6) is 0 Å². The van der Waals surface area contributed by atoms with Crippen molar-refractivity contribution in [2.75, 3.05) is 14.2 Å². The lowest BCUT2D eigenvalue weighted by Crippen LogP contribution is -2.12. The molecule has 3 heteroatoms.